The molecule has 1 unspecified atom stereocenters. The highest BCUT2D eigenvalue weighted by Crippen LogP contribution is 2.19. The molecule has 2 atom stereocenters. The Morgan fingerprint density at radius 1 is 1.54 bits per heavy atom. The number of likely N-dealkylation sites (N-methyl/N-ethyl adjacent to an activating group) is 1. The van der Waals surface area contributed by atoms with E-state index in [1.807, 2.05) is 20.9 Å². The van der Waals surface area contributed by atoms with Crippen molar-refractivity contribution in [3.63, 3.8) is 0 Å². The first-order valence-electron chi connectivity index (χ1n) is 5.08. The van der Waals surface area contributed by atoms with E-state index in [-0.39, 0.29) is 12.8 Å². The van der Waals surface area contributed by atoms with Gasteiger partial charge >= 0.3 is 0 Å². The van der Waals surface area contributed by atoms with Crippen molar-refractivity contribution in [1.82, 2.24) is 4.90 Å². The third-order valence-electron chi connectivity index (χ3n) is 2.46. The van der Waals surface area contributed by atoms with Gasteiger partial charge in [0.1, 0.15) is 12.8 Å². The smallest absolute Gasteiger partial charge is 0.117 e. The molecule has 1 aliphatic heterocycles. The SMILES string of the molecule is CC.COC(CF)[C@@H]1CCCN1C. The number of hydrogen-bond acceptors (Lipinski definition) is 2. The predicted octanol–water partition coefficient (Wildman–Crippen LogP) is 2.09. The molecular weight excluding hydrogens is 169 g/mol. The summed E-state index contributed by atoms with van der Waals surface area (Å²) in [6.45, 7) is 4.70. The molecule has 1 rings (SSSR count). The van der Waals surface area contributed by atoms with Crippen LogP contribution < -0.4 is 0 Å². The lowest BCUT2D eigenvalue weighted by Crippen LogP contribution is -2.38. The van der Waals surface area contributed by atoms with Crippen LogP contribution in [-0.4, -0.2) is 44.4 Å². The number of hydrogen-bond donors (Lipinski definition) is 0. The Morgan fingerprint density at radius 3 is 2.46 bits per heavy atom. The standard InChI is InChI=1S/C8H16FNO.C2H6/c1-10-5-3-4-7(10)8(6-9)11-2;1-2/h7-8H,3-6H2,1-2H3;1-2H3/t7-,8?;/m0./s1. The quantitative estimate of drug-likeness (QED) is 0.677. The van der Waals surface area contributed by atoms with Crippen LogP contribution in [0.2, 0.25) is 0 Å². The van der Waals surface area contributed by atoms with Crippen LogP contribution in [0.25, 0.3) is 0 Å². The van der Waals surface area contributed by atoms with E-state index in [1.54, 1.807) is 7.11 Å². The van der Waals surface area contributed by atoms with Crippen LogP contribution in [0.3, 0.4) is 0 Å². The minimum atomic E-state index is -0.370. The highest BCUT2D eigenvalue weighted by Gasteiger charge is 2.28. The van der Waals surface area contributed by atoms with Crippen molar-refractivity contribution in [2.45, 2.75) is 38.8 Å². The van der Waals surface area contributed by atoms with E-state index in [4.69, 9.17) is 4.74 Å². The van der Waals surface area contributed by atoms with Crippen LogP contribution in [0.5, 0.6) is 0 Å². The van der Waals surface area contributed by atoms with Gasteiger partial charge in [-0.3, -0.25) is 0 Å². The summed E-state index contributed by atoms with van der Waals surface area (Å²) in [6, 6.07) is 0.296. The molecule has 2 nitrogen and oxygen atoms in total. The maximum atomic E-state index is 12.3. The minimum absolute atomic E-state index is 0.220. The number of rotatable bonds is 3. The molecule has 80 valence electrons. The Hall–Kier alpha value is -0.150. The molecule has 0 spiro atoms. The van der Waals surface area contributed by atoms with Gasteiger partial charge in [-0.2, -0.15) is 0 Å². The van der Waals surface area contributed by atoms with Crippen LogP contribution in [0, 0.1) is 0 Å². The molecule has 0 N–H and O–H groups in total. The number of alkyl halides is 1. The second kappa shape index (κ2) is 7.27. The van der Waals surface area contributed by atoms with Crippen molar-refractivity contribution < 1.29 is 9.13 Å². The zero-order valence-corrected chi connectivity index (χ0v) is 9.22. The van der Waals surface area contributed by atoms with Crippen molar-refractivity contribution in [2.75, 3.05) is 27.4 Å². The zero-order valence-electron chi connectivity index (χ0n) is 9.22. The van der Waals surface area contributed by atoms with Crippen molar-refractivity contribution in [2.24, 2.45) is 0 Å². The van der Waals surface area contributed by atoms with Gasteiger partial charge in [0.05, 0.1) is 0 Å². The summed E-state index contributed by atoms with van der Waals surface area (Å²) in [5.74, 6) is 0. The van der Waals surface area contributed by atoms with Crippen LogP contribution in [0.1, 0.15) is 26.7 Å². The Kier molecular flexibility index (Phi) is 7.19. The summed E-state index contributed by atoms with van der Waals surface area (Å²) >= 11 is 0. The third-order valence-corrected chi connectivity index (χ3v) is 2.46. The maximum absolute atomic E-state index is 12.3. The van der Waals surface area contributed by atoms with Crippen molar-refractivity contribution in [3.05, 3.63) is 0 Å². The van der Waals surface area contributed by atoms with Gasteiger partial charge in [-0.15, -0.1) is 0 Å². The van der Waals surface area contributed by atoms with E-state index in [2.05, 4.69) is 4.90 Å². The van der Waals surface area contributed by atoms with Gasteiger partial charge in [0, 0.05) is 13.2 Å². The van der Waals surface area contributed by atoms with Crippen molar-refractivity contribution in [1.29, 1.82) is 0 Å². The molecule has 1 aliphatic rings. The first-order valence-corrected chi connectivity index (χ1v) is 5.08. The number of halogens is 1. The first-order chi connectivity index (χ1) is 6.29. The third kappa shape index (κ3) is 3.61. The lowest BCUT2D eigenvalue weighted by Gasteiger charge is -2.25. The van der Waals surface area contributed by atoms with Gasteiger partial charge in [0.15, 0.2) is 0 Å². The molecule has 1 heterocycles. The summed E-state index contributed by atoms with van der Waals surface area (Å²) in [6.07, 6.45) is 2.02. The fourth-order valence-corrected chi connectivity index (χ4v) is 1.73. The predicted molar refractivity (Wildman–Crippen MR) is 53.8 cm³/mol. The highest BCUT2D eigenvalue weighted by molar-refractivity contribution is 4.83. The Balaban J connectivity index is 0.000000671. The molecule has 1 saturated heterocycles. The molecule has 0 saturated carbocycles. The lowest BCUT2D eigenvalue weighted by atomic mass is 10.1. The molecule has 0 aromatic heterocycles. The zero-order chi connectivity index (χ0) is 10.3. The lowest BCUT2D eigenvalue weighted by molar-refractivity contribution is 0.0224. The fourth-order valence-electron chi connectivity index (χ4n) is 1.73. The van der Waals surface area contributed by atoms with E-state index >= 15 is 0 Å². The number of methoxy groups -OCH3 is 1. The van der Waals surface area contributed by atoms with Gasteiger partial charge in [0.2, 0.25) is 0 Å². The summed E-state index contributed by atoms with van der Waals surface area (Å²) in [5.41, 5.74) is 0. The summed E-state index contributed by atoms with van der Waals surface area (Å²) in [7, 11) is 3.61. The van der Waals surface area contributed by atoms with Gasteiger partial charge in [-0.25, -0.2) is 4.39 Å². The second-order valence-electron chi connectivity index (χ2n) is 3.12. The molecular formula is C10H22FNO. The van der Waals surface area contributed by atoms with Crippen molar-refractivity contribution >= 4 is 0 Å². The molecule has 0 radical (unpaired) electrons. The first kappa shape index (κ1) is 12.8. The molecule has 0 aromatic carbocycles. The fraction of sp³-hybridized carbons (Fsp3) is 1.00. The molecule has 0 bridgehead atoms. The van der Waals surface area contributed by atoms with Gasteiger partial charge < -0.3 is 9.64 Å². The van der Waals surface area contributed by atoms with Crippen LogP contribution >= 0.6 is 0 Å². The van der Waals surface area contributed by atoms with Crippen LogP contribution in [0.4, 0.5) is 4.39 Å². The van der Waals surface area contributed by atoms with E-state index in [1.165, 1.54) is 6.42 Å². The molecule has 1 fully saturated rings. The monoisotopic (exact) mass is 191 g/mol. The normalized spacial score (nSPS) is 25.2. The largest absolute Gasteiger partial charge is 0.377 e. The second-order valence-corrected chi connectivity index (χ2v) is 3.12. The highest BCUT2D eigenvalue weighted by atomic mass is 19.1. The minimum Gasteiger partial charge on any atom is -0.377 e. The van der Waals surface area contributed by atoms with E-state index in [9.17, 15) is 4.39 Å². The van der Waals surface area contributed by atoms with Gasteiger partial charge in [0.25, 0.3) is 0 Å². The maximum Gasteiger partial charge on any atom is 0.117 e. The number of ether oxygens (including phenoxy) is 1. The summed E-state index contributed by atoms with van der Waals surface area (Å²) in [5, 5.41) is 0. The Labute approximate surface area is 81.1 Å². The molecule has 0 aromatic rings. The van der Waals surface area contributed by atoms with Crippen LogP contribution in [-0.2, 0) is 4.74 Å². The van der Waals surface area contributed by atoms with Gasteiger partial charge in [-0.05, 0) is 26.4 Å². The molecule has 0 aliphatic carbocycles. The Bertz CT molecular complexity index is 117. The van der Waals surface area contributed by atoms with E-state index < -0.39 is 0 Å². The van der Waals surface area contributed by atoms with E-state index in [0.29, 0.717) is 6.04 Å². The average molecular weight is 191 g/mol. The van der Waals surface area contributed by atoms with Gasteiger partial charge in [-0.1, -0.05) is 13.8 Å². The summed E-state index contributed by atoms with van der Waals surface area (Å²) in [4.78, 5) is 2.17. The number of likely N-dealkylation sites (tertiary alicyclic amines) is 1. The number of nitrogens with zero attached hydrogens (tertiary/aromatic N) is 1. The van der Waals surface area contributed by atoms with Crippen LogP contribution in [0.15, 0.2) is 0 Å². The average Bonchev–Trinajstić information content (AvgIpc) is 2.58. The van der Waals surface area contributed by atoms with E-state index in [0.717, 1.165) is 13.0 Å². The topological polar surface area (TPSA) is 12.5 Å². The Morgan fingerprint density at radius 2 is 2.15 bits per heavy atom. The molecule has 3 heteroatoms. The molecule has 0 amide bonds. The summed E-state index contributed by atoms with van der Waals surface area (Å²) < 4.78 is 17.4. The van der Waals surface area contributed by atoms with Crippen molar-refractivity contribution in [3.8, 4) is 0 Å². The molecule has 13 heavy (non-hydrogen) atoms.